The molecule has 4 heteroatoms. The number of carbonyl (C=O) groups is 1. The van der Waals surface area contributed by atoms with Crippen molar-refractivity contribution in [1.82, 2.24) is 4.90 Å². The molecule has 0 aromatic heterocycles. The number of hydrogen-bond acceptors (Lipinski definition) is 2. The van der Waals surface area contributed by atoms with Gasteiger partial charge in [-0.15, -0.1) is 0 Å². The first-order valence-electron chi connectivity index (χ1n) is 4.69. The summed E-state index contributed by atoms with van der Waals surface area (Å²) in [5, 5.41) is 2.77. The lowest BCUT2D eigenvalue weighted by molar-refractivity contribution is 0.185. The maximum absolute atomic E-state index is 11.4. The Hall–Kier alpha value is -1.55. The number of urea groups is 1. The first-order chi connectivity index (χ1) is 7.13. The Morgan fingerprint density at radius 3 is 2.80 bits per heavy atom. The summed E-state index contributed by atoms with van der Waals surface area (Å²) >= 11 is 0. The fourth-order valence-electron chi connectivity index (χ4n) is 1.14. The fraction of sp³-hybridized carbons (Fsp3) is 0.364. The Balaban J connectivity index is 2.69. The van der Waals surface area contributed by atoms with E-state index in [1.807, 2.05) is 24.3 Å². The summed E-state index contributed by atoms with van der Waals surface area (Å²) in [6, 6.07) is 7.45. The number of amides is 2. The molecule has 0 aliphatic rings. The van der Waals surface area contributed by atoms with E-state index in [-0.39, 0.29) is 6.03 Å². The number of carbonyl (C=O) groups excluding carboxylic acids is 1. The van der Waals surface area contributed by atoms with Crippen molar-refractivity contribution in [3.63, 3.8) is 0 Å². The van der Waals surface area contributed by atoms with E-state index in [9.17, 15) is 4.79 Å². The van der Waals surface area contributed by atoms with Crippen LogP contribution in [0.1, 0.15) is 5.56 Å². The van der Waals surface area contributed by atoms with Crippen molar-refractivity contribution < 1.29 is 9.53 Å². The van der Waals surface area contributed by atoms with Gasteiger partial charge in [-0.2, -0.15) is 0 Å². The van der Waals surface area contributed by atoms with Crippen molar-refractivity contribution in [3.8, 4) is 0 Å². The number of methoxy groups -OCH3 is 1. The van der Waals surface area contributed by atoms with Gasteiger partial charge in [-0.25, -0.2) is 4.79 Å². The monoisotopic (exact) mass is 208 g/mol. The van der Waals surface area contributed by atoms with Crippen molar-refractivity contribution >= 4 is 11.7 Å². The molecule has 15 heavy (non-hydrogen) atoms. The summed E-state index contributed by atoms with van der Waals surface area (Å²) in [5.41, 5.74) is 1.82. The van der Waals surface area contributed by atoms with E-state index in [1.165, 1.54) is 4.90 Å². The topological polar surface area (TPSA) is 41.6 Å². The molecular formula is C11H16N2O2. The average Bonchev–Trinajstić information content (AvgIpc) is 2.18. The molecule has 0 aliphatic heterocycles. The molecule has 0 spiro atoms. The number of rotatable bonds is 3. The van der Waals surface area contributed by atoms with Crippen LogP contribution in [0.25, 0.3) is 0 Å². The van der Waals surface area contributed by atoms with E-state index >= 15 is 0 Å². The van der Waals surface area contributed by atoms with Crippen LogP contribution in [0.3, 0.4) is 0 Å². The van der Waals surface area contributed by atoms with Gasteiger partial charge in [0, 0.05) is 26.9 Å². The highest BCUT2D eigenvalue weighted by Crippen LogP contribution is 2.11. The third kappa shape index (κ3) is 3.59. The lowest BCUT2D eigenvalue weighted by Gasteiger charge is -2.12. The molecule has 0 saturated heterocycles. The van der Waals surface area contributed by atoms with Crippen LogP contribution in [-0.4, -0.2) is 32.1 Å². The maximum Gasteiger partial charge on any atom is 0.321 e. The molecular weight excluding hydrogens is 192 g/mol. The largest absolute Gasteiger partial charge is 0.380 e. The fourth-order valence-corrected chi connectivity index (χ4v) is 1.14. The minimum absolute atomic E-state index is 0.135. The van der Waals surface area contributed by atoms with Crippen molar-refractivity contribution in [2.45, 2.75) is 6.61 Å². The maximum atomic E-state index is 11.4. The summed E-state index contributed by atoms with van der Waals surface area (Å²) in [6.45, 7) is 0.547. The molecule has 0 bridgehead atoms. The van der Waals surface area contributed by atoms with Crippen molar-refractivity contribution in [2.24, 2.45) is 0 Å². The Morgan fingerprint density at radius 2 is 2.20 bits per heavy atom. The summed E-state index contributed by atoms with van der Waals surface area (Å²) < 4.78 is 5.01. The Bertz CT molecular complexity index is 337. The average molecular weight is 208 g/mol. The third-order valence-electron chi connectivity index (χ3n) is 1.90. The highest BCUT2D eigenvalue weighted by atomic mass is 16.5. The minimum atomic E-state index is -0.135. The molecule has 0 unspecified atom stereocenters. The van der Waals surface area contributed by atoms with Gasteiger partial charge in [0.15, 0.2) is 0 Å². The number of ether oxygens (including phenoxy) is 1. The summed E-state index contributed by atoms with van der Waals surface area (Å²) in [4.78, 5) is 12.9. The minimum Gasteiger partial charge on any atom is -0.380 e. The number of hydrogen-bond donors (Lipinski definition) is 1. The van der Waals surface area contributed by atoms with Gasteiger partial charge in [-0.1, -0.05) is 12.1 Å². The van der Waals surface area contributed by atoms with Crippen LogP contribution in [0.5, 0.6) is 0 Å². The van der Waals surface area contributed by atoms with Gasteiger partial charge < -0.3 is 15.0 Å². The van der Waals surface area contributed by atoms with Gasteiger partial charge in [-0.3, -0.25) is 0 Å². The van der Waals surface area contributed by atoms with E-state index in [0.717, 1.165) is 11.3 Å². The zero-order valence-corrected chi connectivity index (χ0v) is 9.28. The second kappa shape index (κ2) is 5.36. The van der Waals surface area contributed by atoms with Crippen LogP contribution >= 0.6 is 0 Å². The van der Waals surface area contributed by atoms with Crippen LogP contribution < -0.4 is 5.32 Å². The molecule has 1 aromatic carbocycles. The van der Waals surface area contributed by atoms with Crippen LogP contribution in [0.4, 0.5) is 10.5 Å². The molecule has 1 rings (SSSR count). The second-order valence-corrected chi connectivity index (χ2v) is 3.46. The lowest BCUT2D eigenvalue weighted by Crippen LogP contribution is -2.27. The molecule has 0 aliphatic carbocycles. The second-order valence-electron chi connectivity index (χ2n) is 3.46. The van der Waals surface area contributed by atoms with E-state index in [2.05, 4.69) is 5.32 Å². The molecule has 1 aromatic rings. The number of nitrogens with one attached hydrogen (secondary N) is 1. The SMILES string of the molecule is COCc1cccc(NC(=O)N(C)C)c1. The quantitative estimate of drug-likeness (QED) is 0.824. The molecule has 0 heterocycles. The zero-order valence-electron chi connectivity index (χ0n) is 9.28. The van der Waals surface area contributed by atoms with Gasteiger partial charge in [-0.05, 0) is 17.7 Å². The van der Waals surface area contributed by atoms with Gasteiger partial charge in [0.2, 0.25) is 0 Å². The van der Waals surface area contributed by atoms with Crippen molar-refractivity contribution in [3.05, 3.63) is 29.8 Å². The van der Waals surface area contributed by atoms with Gasteiger partial charge in [0.05, 0.1) is 6.61 Å². The molecule has 82 valence electrons. The van der Waals surface area contributed by atoms with Crippen molar-refractivity contribution in [2.75, 3.05) is 26.5 Å². The Kier molecular flexibility index (Phi) is 4.12. The van der Waals surface area contributed by atoms with E-state index in [0.29, 0.717) is 6.61 Å². The predicted octanol–water partition coefficient (Wildman–Crippen LogP) is 1.93. The number of anilines is 1. The summed E-state index contributed by atoms with van der Waals surface area (Å²) in [7, 11) is 5.05. The molecule has 0 radical (unpaired) electrons. The lowest BCUT2D eigenvalue weighted by atomic mass is 10.2. The van der Waals surface area contributed by atoms with Gasteiger partial charge in [0.1, 0.15) is 0 Å². The smallest absolute Gasteiger partial charge is 0.321 e. The Labute approximate surface area is 89.8 Å². The van der Waals surface area contributed by atoms with Crippen molar-refractivity contribution in [1.29, 1.82) is 0 Å². The first kappa shape index (κ1) is 11.5. The van der Waals surface area contributed by atoms with E-state index < -0.39 is 0 Å². The molecule has 2 amide bonds. The molecule has 1 N–H and O–H groups in total. The number of nitrogens with zero attached hydrogens (tertiary/aromatic N) is 1. The first-order valence-corrected chi connectivity index (χ1v) is 4.69. The standard InChI is InChI=1S/C11H16N2O2/c1-13(2)11(14)12-10-6-4-5-9(7-10)8-15-3/h4-7H,8H2,1-3H3,(H,12,14). The van der Waals surface area contributed by atoms with Crippen LogP contribution in [0.2, 0.25) is 0 Å². The van der Waals surface area contributed by atoms with E-state index in [4.69, 9.17) is 4.74 Å². The normalized spacial score (nSPS) is 9.80. The van der Waals surface area contributed by atoms with Crippen LogP contribution in [-0.2, 0) is 11.3 Å². The zero-order chi connectivity index (χ0) is 11.3. The van der Waals surface area contributed by atoms with Gasteiger partial charge >= 0.3 is 6.03 Å². The Morgan fingerprint density at radius 1 is 1.47 bits per heavy atom. The summed E-state index contributed by atoms with van der Waals surface area (Å²) in [5.74, 6) is 0. The van der Waals surface area contributed by atoms with Crippen LogP contribution in [0.15, 0.2) is 24.3 Å². The van der Waals surface area contributed by atoms with Crippen LogP contribution in [0, 0.1) is 0 Å². The molecule has 0 atom stereocenters. The highest BCUT2D eigenvalue weighted by molar-refractivity contribution is 5.88. The molecule has 0 saturated carbocycles. The predicted molar refractivity (Wildman–Crippen MR) is 59.9 cm³/mol. The number of benzene rings is 1. The highest BCUT2D eigenvalue weighted by Gasteiger charge is 2.03. The molecule has 4 nitrogen and oxygen atoms in total. The summed E-state index contributed by atoms with van der Waals surface area (Å²) in [6.07, 6.45) is 0. The van der Waals surface area contributed by atoms with E-state index in [1.54, 1.807) is 21.2 Å². The van der Waals surface area contributed by atoms with Gasteiger partial charge in [0.25, 0.3) is 0 Å². The molecule has 0 fully saturated rings. The third-order valence-corrected chi connectivity index (χ3v) is 1.90.